The van der Waals surface area contributed by atoms with Gasteiger partial charge >= 0.3 is 0 Å². The number of hydrogen-bond acceptors (Lipinski definition) is 0. The Morgan fingerprint density at radius 3 is 2.50 bits per heavy atom. The van der Waals surface area contributed by atoms with Crippen LogP contribution in [-0.4, -0.2) is 0 Å². The van der Waals surface area contributed by atoms with Gasteiger partial charge in [0.1, 0.15) is 0 Å². The summed E-state index contributed by atoms with van der Waals surface area (Å²) < 4.78 is 0. The number of halogens is 1. The normalized spacial score (nSPS) is 19.4. The van der Waals surface area contributed by atoms with Gasteiger partial charge in [-0.3, -0.25) is 0 Å². The molecule has 0 aromatic heterocycles. The van der Waals surface area contributed by atoms with Gasteiger partial charge in [0.15, 0.2) is 0 Å². The number of rotatable bonds is 3. The second-order valence-corrected chi connectivity index (χ2v) is 7.22. The molecule has 2 aromatic carbocycles. The van der Waals surface area contributed by atoms with E-state index in [0.29, 0.717) is 10.2 Å². The van der Waals surface area contributed by atoms with E-state index in [9.17, 15) is 0 Å². The second kappa shape index (κ2) is 5.52. The monoisotopic (exact) mass is 330 g/mol. The van der Waals surface area contributed by atoms with E-state index in [1.165, 1.54) is 54.0 Å². The Kier molecular flexibility index (Phi) is 3.90. The smallest absolute Gasteiger partial charge is 0.0460 e. The quantitative estimate of drug-likeness (QED) is 0.559. The van der Waals surface area contributed by atoms with E-state index in [2.05, 4.69) is 66.2 Å². The number of alkyl halides is 1. The van der Waals surface area contributed by atoms with Crippen LogP contribution in [0.1, 0.15) is 55.0 Å². The van der Waals surface area contributed by atoms with Crippen LogP contribution in [0.25, 0.3) is 10.8 Å². The number of aryl methyl sites for hydroxylation is 1. The third-order valence-electron chi connectivity index (χ3n) is 5.28. The molecule has 1 aliphatic carbocycles. The van der Waals surface area contributed by atoms with Crippen molar-refractivity contribution >= 4 is 26.7 Å². The van der Waals surface area contributed by atoms with Crippen LogP contribution in [0.4, 0.5) is 0 Å². The van der Waals surface area contributed by atoms with E-state index in [1.54, 1.807) is 0 Å². The Morgan fingerprint density at radius 1 is 1.10 bits per heavy atom. The standard InChI is InChI=1S/C19H23Br/c1-3-19(12-6-7-13-19)18(20)17-14(2)10-11-15-8-4-5-9-16(15)17/h4-5,8-11,18H,3,6-7,12-13H2,1-2H3. The van der Waals surface area contributed by atoms with Crippen molar-refractivity contribution in [3.8, 4) is 0 Å². The highest BCUT2D eigenvalue weighted by Crippen LogP contribution is 2.55. The van der Waals surface area contributed by atoms with Crippen molar-refractivity contribution in [2.45, 2.75) is 50.8 Å². The van der Waals surface area contributed by atoms with Gasteiger partial charge in [0.05, 0.1) is 0 Å². The van der Waals surface area contributed by atoms with E-state index in [-0.39, 0.29) is 0 Å². The highest BCUT2D eigenvalue weighted by Gasteiger charge is 2.40. The Balaban J connectivity index is 2.15. The minimum absolute atomic E-state index is 0.453. The van der Waals surface area contributed by atoms with Crippen molar-refractivity contribution in [2.75, 3.05) is 0 Å². The summed E-state index contributed by atoms with van der Waals surface area (Å²) in [5.41, 5.74) is 3.40. The molecule has 0 N–H and O–H groups in total. The predicted molar refractivity (Wildman–Crippen MR) is 91.5 cm³/mol. The van der Waals surface area contributed by atoms with Crippen molar-refractivity contribution in [1.82, 2.24) is 0 Å². The van der Waals surface area contributed by atoms with Crippen LogP contribution in [0, 0.1) is 12.3 Å². The molecule has 106 valence electrons. The fraction of sp³-hybridized carbons (Fsp3) is 0.474. The van der Waals surface area contributed by atoms with Crippen LogP contribution in [0.3, 0.4) is 0 Å². The Hall–Kier alpha value is -0.820. The lowest BCUT2D eigenvalue weighted by molar-refractivity contribution is 0.280. The summed E-state index contributed by atoms with van der Waals surface area (Å²) in [5.74, 6) is 0. The zero-order valence-corrected chi connectivity index (χ0v) is 14.0. The van der Waals surface area contributed by atoms with Gasteiger partial charge in [-0.1, -0.05) is 72.1 Å². The SMILES string of the molecule is CCC1(C(Br)c2c(C)ccc3ccccc23)CCCC1. The summed E-state index contributed by atoms with van der Waals surface area (Å²) in [6, 6.07) is 13.3. The molecule has 20 heavy (non-hydrogen) atoms. The van der Waals surface area contributed by atoms with Crippen LogP contribution in [0.15, 0.2) is 36.4 Å². The first-order valence-electron chi connectivity index (χ1n) is 7.80. The molecule has 0 heterocycles. The summed E-state index contributed by atoms with van der Waals surface area (Å²) in [7, 11) is 0. The topological polar surface area (TPSA) is 0 Å². The van der Waals surface area contributed by atoms with Gasteiger partial charge in [-0.15, -0.1) is 0 Å². The molecular weight excluding hydrogens is 308 g/mol. The highest BCUT2D eigenvalue weighted by molar-refractivity contribution is 9.09. The molecule has 0 saturated heterocycles. The molecule has 0 radical (unpaired) electrons. The molecule has 0 nitrogen and oxygen atoms in total. The third kappa shape index (κ3) is 2.20. The lowest BCUT2D eigenvalue weighted by Gasteiger charge is -2.35. The molecule has 3 rings (SSSR count). The molecule has 1 unspecified atom stereocenters. The molecule has 0 spiro atoms. The van der Waals surface area contributed by atoms with Crippen molar-refractivity contribution < 1.29 is 0 Å². The fourth-order valence-electron chi connectivity index (χ4n) is 3.91. The van der Waals surface area contributed by atoms with E-state index in [4.69, 9.17) is 0 Å². The van der Waals surface area contributed by atoms with Crippen LogP contribution in [-0.2, 0) is 0 Å². The second-order valence-electron chi connectivity index (χ2n) is 6.30. The number of benzene rings is 2. The lowest BCUT2D eigenvalue weighted by Crippen LogP contribution is -2.22. The fourth-order valence-corrected chi connectivity index (χ4v) is 5.30. The van der Waals surface area contributed by atoms with Gasteiger partial charge in [-0.2, -0.15) is 0 Å². The summed E-state index contributed by atoms with van der Waals surface area (Å²) in [6.07, 6.45) is 6.77. The minimum Gasteiger partial charge on any atom is -0.0832 e. The highest BCUT2D eigenvalue weighted by atomic mass is 79.9. The van der Waals surface area contributed by atoms with Gasteiger partial charge in [0.2, 0.25) is 0 Å². The molecule has 2 aromatic rings. The van der Waals surface area contributed by atoms with Gasteiger partial charge in [0, 0.05) is 4.83 Å². The van der Waals surface area contributed by atoms with Crippen LogP contribution in [0.2, 0.25) is 0 Å². The van der Waals surface area contributed by atoms with Gasteiger partial charge in [0.25, 0.3) is 0 Å². The van der Waals surface area contributed by atoms with E-state index >= 15 is 0 Å². The average molecular weight is 331 g/mol. The van der Waals surface area contributed by atoms with Gasteiger partial charge < -0.3 is 0 Å². The predicted octanol–water partition coefficient (Wildman–Crippen LogP) is 6.55. The minimum atomic E-state index is 0.453. The maximum absolute atomic E-state index is 4.10. The average Bonchev–Trinajstić information content (AvgIpc) is 2.96. The first-order valence-corrected chi connectivity index (χ1v) is 8.72. The Labute approximate surface area is 130 Å². The van der Waals surface area contributed by atoms with Crippen molar-refractivity contribution in [3.63, 3.8) is 0 Å². The lowest BCUT2D eigenvalue weighted by atomic mass is 9.76. The van der Waals surface area contributed by atoms with E-state index in [0.717, 1.165) is 0 Å². The number of hydrogen-bond donors (Lipinski definition) is 0. The van der Waals surface area contributed by atoms with E-state index < -0.39 is 0 Å². The molecule has 0 bridgehead atoms. The van der Waals surface area contributed by atoms with Gasteiger partial charge in [-0.05, 0) is 53.5 Å². The Bertz CT molecular complexity index is 608. The van der Waals surface area contributed by atoms with Gasteiger partial charge in [-0.25, -0.2) is 0 Å². The molecule has 1 heteroatoms. The van der Waals surface area contributed by atoms with Crippen molar-refractivity contribution in [1.29, 1.82) is 0 Å². The molecule has 1 atom stereocenters. The Morgan fingerprint density at radius 2 is 1.80 bits per heavy atom. The summed E-state index contributed by atoms with van der Waals surface area (Å²) >= 11 is 4.10. The first kappa shape index (κ1) is 14.1. The summed E-state index contributed by atoms with van der Waals surface area (Å²) in [5, 5.41) is 2.79. The summed E-state index contributed by atoms with van der Waals surface area (Å²) in [6.45, 7) is 4.62. The molecule has 1 fully saturated rings. The molecular formula is C19H23Br. The van der Waals surface area contributed by atoms with Crippen molar-refractivity contribution in [3.05, 3.63) is 47.5 Å². The largest absolute Gasteiger partial charge is 0.0832 e. The first-order chi connectivity index (χ1) is 9.68. The van der Waals surface area contributed by atoms with Crippen LogP contribution >= 0.6 is 15.9 Å². The van der Waals surface area contributed by atoms with Crippen LogP contribution < -0.4 is 0 Å². The molecule has 0 aliphatic heterocycles. The zero-order chi connectivity index (χ0) is 14.2. The van der Waals surface area contributed by atoms with Crippen LogP contribution in [0.5, 0.6) is 0 Å². The summed E-state index contributed by atoms with van der Waals surface area (Å²) in [4.78, 5) is 0.480. The maximum atomic E-state index is 4.10. The molecule has 1 saturated carbocycles. The third-order valence-corrected chi connectivity index (χ3v) is 6.71. The number of fused-ring (bicyclic) bond motifs is 1. The maximum Gasteiger partial charge on any atom is 0.0460 e. The van der Waals surface area contributed by atoms with E-state index in [1.807, 2.05) is 0 Å². The zero-order valence-electron chi connectivity index (χ0n) is 12.5. The van der Waals surface area contributed by atoms with Crippen molar-refractivity contribution in [2.24, 2.45) is 5.41 Å². The molecule has 0 amide bonds. The molecule has 1 aliphatic rings.